The van der Waals surface area contributed by atoms with Crippen molar-refractivity contribution in [3.63, 3.8) is 0 Å². The molecule has 102 valence electrons. The van der Waals surface area contributed by atoms with Crippen LogP contribution in [0.5, 0.6) is 0 Å². The first kappa shape index (κ1) is 15.1. The molecule has 1 aliphatic carbocycles. The largest absolute Gasteiger partial charge is 0.491 e. The Balaban J connectivity index is 2.48. The molecule has 0 saturated heterocycles. The van der Waals surface area contributed by atoms with E-state index < -0.39 is 0 Å². The lowest BCUT2D eigenvalue weighted by Crippen LogP contribution is -2.23. The van der Waals surface area contributed by atoms with Gasteiger partial charge in [-0.05, 0) is 70.9 Å². The molecule has 1 heteroatoms. The topological polar surface area (TPSA) is 9.23 Å². The standard InChI is InChI=1S/C17H28O/c1-5-17(4,13-9-10-15(2)3)18-14-16-11-7-6-8-12-16/h5,10,14H,1,6-9,11-13H2,2-4H3. The molecule has 1 saturated carbocycles. The molecular weight excluding hydrogens is 220 g/mol. The summed E-state index contributed by atoms with van der Waals surface area (Å²) in [5.41, 5.74) is 2.61. The quantitative estimate of drug-likeness (QED) is 0.443. The highest BCUT2D eigenvalue weighted by atomic mass is 16.5. The predicted octanol–water partition coefficient (Wildman–Crippen LogP) is 5.54. The summed E-state index contributed by atoms with van der Waals surface area (Å²) in [7, 11) is 0. The molecule has 0 aromatic heterocycles. The van der Waals surface area contributed by atoms with Crippen molar-refractivity contribution in [3.8, 4) is 0 Å². The van der Waals surface area contributed by atoms with Crippen LogP contribution in [-0.4, -0.2) is 5.60 Å². The van der Waals surface area contributed by atoms with E-state index in [9.17, 15) is 0 Å². The first-order valence-corrected chi connectivity index (χ1v) is 7.18. The van der Waals surface area contributed by atoms with Gasteiger partial charge in [-0.2, -0.15) is 0 Å². The van der Waals surface area contributed by atoms with E-state index in [1.54, 1.807) is 0 Å². The van der Waals surface area contributed by atoms with E-state index in [0.717, 1.165) is 12.8 Å². The SMILES string of the molecule is C=CC(C)(CCC=C(C)C)OC=C1CCCCC1. The summed E-state index contributed by atoms with van der Waals surface area (Å²) in [5.74, 6) is 0. The molecule has 0 N–H and O–H groups in total. The Morgan fingerprint density at radius 1 is 1.28 bits per heavy atom. The van der Waals surface area contributed by atoms with E-state index >= 15 is 0 Å². The Bertz CT molecular complexity index is 313. The van der Waals surface area contributed by atoms with Crippen molar-refractivity contribution in [1.29, 1.82) is 0 Å². The molecule has 0 spiro atoms. The molecule has 0 bridgehead atoms. The molecular formula is C17H28O. The Morgan fingerprint density at radius 3 is 2.50 bits per heavy atom. The molecule has 0 aromatic carbocycles. The molecule has 1 fully saturated rings. The second-order valence-electron chi connectivity index (χ2n) is 5.79. The van der Waals surface area contributed by atoms with Crippen LogP contribution in [0.2, 0.25) is 0 Å². The number of hydrogen-bond donors (Lipinski definition) is 0. The van der Waals surface area contributed by atoms with Gasteiger partial charge in [-0.1, -0.05) is 24.6 Å². The third-order valence-electron chi connectivity index (χ3n) is 3.62. The van der Waals surface area contributed by atoms with Gasteiger partial charge in [0.15, 0.2) is 0 Å². The lowest BCUT2D eigenvalue weighted by atomic mass is 9.95. The normalized spacial score (nSPS) is 18.7. The maximum Gasteiger partial charge on any atom is 0.123 e. The van der Waals surface area contributed by atoms with E-state index in [4.69, 9.17) is 4.74 Å². The van der Waals surface area contributed by atoms with Gasteiger partial charge in [0.25, 0.3) is 0 Å². The average molecular weight is 248 g/mol. The van der Waals surface area contributed by atoms with Crippen LogP contribution in [0.25, 0.3) is 0 Å². The summed E-state index contributed by atoms with van der Waals surface area (Å²) in [6, 6.07) is 0. The van der Waals surface area contributed by atoms with Crippen molar-refractivity contribution < 1.29 is 4.74 Å². The lowest BCUT2D eigenvalue weighted by molar-refractivity contribution is 0.0762. The third kappa shape index (κ3) is 5.57. The van der Waals surface area contributed by atoms with Crippen LogP contribution in [0.3, 0.4) is 0 Å². The van der Waals surface area contributed by atoms with Gasteiger partial charge in [-0.3, -0.25) is 0 Å². The molecule has 1 aliphatic rings. The number of ether oxygens (including phenoxy) is 1. The molecule has 1 unspecified atom stereocenters. The summed E-state index contributed by atoms with van der Waals surface area (Å²) in [6.45, 7) is 10.3. The Kier molecular flexibility index (Phi) is 6.24. The maximum atomic E-state index is 5.99. The van der Waals surface area contributed by atoms with E-state index in [2.05, 4.69) is 33.4 Å². The summed E-state index contributed by atoms with van der Waals surface area (Å²) in [4.78, 5) is 0. The van der Waals surface area contributed by atoms with Crippen LogP contribution in [0.4, 0.5) is 0 Å². The molecule has 18 heavy (non-hydrogen) atoms. The van der Waals surface area contributed by atoms with E-state index in [-0.39, 0.29) is 5.60 Å². The zero-order chi connectivity index (χ0) is 13.4. The zero-order valence-corrected chi connectivity index (χ0v) is 12.3. The fourth-order valence-electron chi connectivity index (χ4n) is 2.20. The first-order chi connectivity index (χ1) is 8.56. The summed E-state index contributed by atoms with van der Waals surface area (Å²) in [6.07, 6.45) is 14.7. The molecule has 0 amide bonds. The van der Waals surface area contributed by atoms with E-state index in [1.165, 1.54) is 43.3 Å². The third-order valence-corrected chi connectivity index (χ3v) is 3.62. The minimum absolute atomic E-state index is 0.226. The minimum atomic E-state index is -0.226. The van der Waals surface area contributed by atoms with Crippen molar-refractivity contribution in [1.82, 2.24) is 0 Å². The van der Waals surface area contributed by atoms with Gasteiger partial charge in [0.1, 0.15) is 5.60 Å². The Hall–Kier alpha value is -0.980. The van der Waals surface area contributed by atoms with Crippen molar-refractivity contribution in [3.05, 3.63) is 36.1 Å². The highest BCUT2D eigenvalue weighted by Gasteiger charge is 2.20. The number of allylic oxidation sites excluding steroid dienone is 3. The second kappa shape index (κ2) is 7.45. The molecule has 1 nitrogen and oxygen atoms in total. The summed E-state index contributed by atoms with van der Waals surface area (Å²) < 4.78 is 5.99. The van der Waals surface area contributed by atoms with Crippen molar-refractivity contribution in [2.45, 2.75) is 71.3 Å². The van der Waals surface area contributed by atoms with Crippen LogP contribution in [-0.2, 0) is 4.74 Å². The fourth-order valence-corrected chi connectivity index (χ4v) is 2.20. The maximum absolute atomic E-state index is 5.99. The van der Waals surface area contributed by atoms with Crippen LogP contribution in [0, 0.1) is 0 Å². The molecule has 0 aromatic rings. The van der Waals surface area contributed by atoms with Gasteiger partial charge in [0.05, 0.1) is 6.26 Å². The highest BCUT2D eigenvalue weighted by molar-refractivity contribution is 5.04. The predicted molar refractivity (Wildman–Crippen MR) is 79.5 cm³/mol. The van der Waals surface area contributed by atoms with Gasteiger partial charge >= 0.3 is 0 Å². The van der Waals surface area contributed by atoms with Crippen LogP contribution < -0.4 is 0 Å². The first-order valence-electron chi connectivity index (χ1n) is 7.18. The second-order valence-corrected chi connectivity index (χ2v) is 5.79. The minimum Gasteiger partial charge on any atom is -0.491 e. The van der Waals surface area contributed by atoms with Crippen LogP contribution in [0.1, 0.15) is 65.7 Å². The zero-order valence-electron chi connectivity index (χ0n) is 12.3. The molecule has 1 rings (SSSR count). The van der Waals surface area contributed by atoms with E-state index in [0.29, 0.717) is 0 Å². The van der Waals surface area contributed by atoms with Crippen molar-refractivity contribution in [2.24, 2.45) is 0 Å². The fraction of sp³-hybridized carbons (Fsp3) is 0.647. The van der Waals surface area contributed by atoms with Gasteiger partial charge in [-0.25, -0.2) is 0 Å². The van der Waals surface area contributed by atoms with Gasteiger partial charge in [-0.15, -0.1) is 0 Å². The number of rotatable bonds is 6. The molecule has 0 radical (unpaired) electrons. The van der Waals surface area contributed by atoms with Gasteiger partial charge < -0.3 is 4.74 Å². The van der Waals surface area contributed by atoms with Crippen LogP contribution in [0.15, 0.2) is 36.1 Å². The monoisotopic (exact) mass is 248 g/mol. The Morgan fingerprint density at radius 2 is 1.94 bits per heavy atom. The van der Waals surface area contributed by atoms with Gasteiger partial charge in [0, 0.05) is 0 Å². The average Bonchev–Trinajstić information content (AvgIpc) is 2.37. The molecule has 0 heterocycles. The molecule has 0 aliphatic heterocycles. The van der Waals surface area contributed by atoms with Crippen molar-refractivity contribution in [2.75, 3.05) is 0 Å². The lowest BCUT2D eigenvalue weighted by Gasteiger charge is -2.26. The Labute approximate surface area is 113 Å². The highest BCUT2D eigenvalue weighted by Crippen LogP contribution is 2.26. The molecule has 1 atom stereocenters. The summed E-state index contributed by atoms with van der Waals surface area (Å²) >= 11 is 0. The van der Waals surface area contributed by atoms with Gasteiger partial charge in [0.2, 0.25) is 0 Å². The van der Waals surface area contributed by atoms with Crippen LogP contribution >= 0.6 is 0 Å². The van der Waals surface area contributed by atoms with E-state index in [1.807, 2.05) is 12.3 Å². The van der Waals surface area contributed by atoms with Crippen molar-refractivity contribution >= 4 is 0 Å². The summed E-state index contributed by atoms with van der Waals surface area (Å²) in [5, 5.41) is 0. The number of hydrogen-bond acceptors (Lipinski definition) is 1. The smallest absolute Gasteiger partial charge is 0.123 e.